The molecule has 3 nitrogen and oxygen atoms in total. The Morgan fingerprint density at radius 1 is 0.636 bits per heavy atom. The van der Waals surface area contributed by atoms with Crippen molar-refractivity contribution in [2.24, 2.45) is 0 Å². The highest BCUT2D eigenvalue weighted by molar-refractivity contribution is 7.92. The van der Waals surface area contributed by atoms with Crippen LogP contribution in [0, 0.1) is 0 Å². The summed E-state index contributed by atoms with van der Waals surface area (Å²) in [5.74, 6) is 0. The lowest BCUT2D eigenvalue weighted by atomic mass is 10.1. The molecular weight excluding hydrogens is 294 g/mol. The third kappa shape index (κ3) is 3.18. The minimum atomic E-state index is -3.59. The molecule has 0 saturated carbocycles. The van der Waals surface area contributed by atoms with E-state index in [9.17, 15) is 8.42 Å². The molecule has 3 rings (SSSR count). The molecule has 0 bridgehead atoms. The molecule has 0 aliphatic rings. The summed E-state index contributed by atoms with van der Waals surface area (Å²) in [6.45, 7) is 0. The molecule has 0 fully saturated rings. The minimum Gasteiger partial charge on any atom is -0.280 e. The molecule has 22 heavy (non-hydrogen) atoms. The van der Waals surface area contributed by atoms with E-state index in [4.69, 9.17) is 0 Å². The highest BCUT2D eigenvalue weighted by Gasteiger charge is 2.14. The van der Waals surface area contributed by atoms with Crippen molar-refractivity contribution >= 4 is 15.7 Å². The van der Waals surface area contributed by atoms with Gasteiger partial charge in [-0.2, -0.15) is 0 Å². The van der Waals surface area contributed by atoms with Crippen LogP contribution < -0.4 is 4.72 Å². The van der Waals surface area contributed by atoms with Crippen LogP contribution in [-0.2, 0) is 10.0 Å². The first-order chi connectivity index (χ1) is 10.6. The van der Waals surface area contributed by atoms with Gasteiger partial charge in [-0.3, -0.25) is 4.72 Å². The van der Waals surface area contributed by atoms with Crippen LogP contribution in [0.25, 0.3) is 11.1 Å². The van der Waals surface area contributed by atoms with Gasteiger partial charge in [-0.1, -0.05) is 60.7 Å². The monoisotopic (exact) mass is 309 g/mol. The maximum absolute atomic E-state index is 12.5. The fraction of sp³-hybridized carbons (Fsp3) is 0. The van der Waals surface area contributed by atoms with Gasteiger partial charge < -0.3 is 0 Å². The second kappa shape index (κ2) is 6.03. The molecule has 1 N–H and O–H groups in total. The fourth-order valence-electron chi connectivity index (χ4n) is 2.19. The first-order valence-corrected chi connectivity index (χ1v) is 8.37. The molecule has 3 aromatic carbocycles. The minimum absolute atomic E-state index is 0.248. The molecule has 0 aliphatic carbocycles. The summed E-state index contributed by atoms with van der Waals surface area (Å²) in [6, 6.07) is 25.5. The van der Waals surface area contributed by atoms with E-state index in [1.807, 2.05) is 42.5 Å². The Morgan fingerprint density at radius 2 is 1.23 bits per heavy atom. The number of para-hydroxylation sites is 1. The number of benzene rings is 3. The average molecular weight is 309 g/mol. The van der Waals surface area contributed by atoms with E-state index in [0.717, 1.165) is 11.1 Å². The summed E-state index contributed by atoms with van der Waals surface area (Å²) < 4.78 is 27.5. The largest absolute Gasteiger partial charge is 0.280 e. The van der Waals surface area contributed by atoms with Crippen LogP contribution in [-0.4, -0.2) is 8.42 Å². The molecular formula is C18H15NO2S. The van der Waals surface area contributed by atoms with Gasteiger partial charge in [0.15, 0.2) is 0 Å². The van der Waals surface area contributed by atoms with Crippen molar-refractivity contribution in [1.29, 1.82) is 0 Å². The van der Waals surface area contributed by atoms with E-state index >= 15 is 0 Å². The summed E-state index contributed by atoms with van der Waals surface area (Å²) in [4.78, 5) is 0.248. The second-order valence-electron chi connectivity index (χ2n) is 4.87. The highest BCUT2D eigenvalue weighted by Crippen LogP contribution is 2.23. The van der Waals surface area contributed by atoms with E-state index in [-0.39, 0.29) is 4.90 Å². The normalized spacial score (nSPS) is 11.1. The Hall–Kier alpha value is -2.59. The first-order valence-electron chi connectivity index (χ1n) is 6.88. The quantitative estimate of drug-likeness (QED) is 0.787. The summed E-state index contributed by atoms with van der Waals surface area (Å²) in [5.41, 5.74) is 2.41. The third-order valence-corrected chi connectivity index (χ3v) is 4.66. The number of anilines is 1. The Kier molecular flexibility index (Phi) is 3.94. The van der Waals surface area contributed by atoms with Crippen molar-refractivity contribution in [3.63, 3.8) is 0 Å². The van der Waals surface area contributed by atoms with Crippen molar-refractivity contribution in [3.05, 3.63) is 84.9 Å². The highest BCUT2D eigenvalue weighted by atomic mass is 32.2. The van der Waals surface area contributed by atoms with E-state index in [1.165, 1.54) is 0 Å². The lowest BCUT2D eigenvalue weighted by molar-refractivity contribution is 0.601. The third-order valence-electron chi connectivity index (χ3n) is 3.28. The molecule has 0 unspecified atom stereocenters. The lowest BCUT2D eigenvalue weighted by Gasteiger charge is -2.09. The molecule has 4 heteroatoms. The van der Waals surface area contributed by atoms with Crippen molar-refractivity contribution < 1.29 is 8.42 Å². The maximum atomic E-state index is 12.5. The van der Waals surface area contributed by atoms with Crippen LogP contribution in [0.15, 0.2) is 89.8 Å². The molecule has 3 aromatic rings. The Labute approximate surface area is 130 Å². The lowest BCUT2D eigenvalue weighted by Crippen LogP contribution is -2.12. The van der Waals surface area contributed by atoms with Crippen LogP contribution in [0.2, 0.25) is 0 Å². The van der Waals surface area contributed by atoms with Gasteiger partial charge in [-0.05, 0) is 35.4 Å². The van der Waals surface area contributed by atoms with Crippen molar-refractivity contribution in [2.45, 2.75) is 4.90 Å². The molecule has 0 aliphatic heterocycles. The van der Waals surface area contributed by atoms with Crippen molar-refractivity contribution in [1.82, 2.24) is 0 Å². The molecule has 0 aromatic heterocycles. The van der Waals surface area contributed by atoms with Gasteiger partial charge in [0.05, 0.1) is 4.90 Å². The molecule has 0 spiro atoms. The van der Waals surface area contributed by atoms with Gasteiger partial charge in [0.25, 0.3) is 10.0 Å². The zero-order valence-electron chi connectivity index (χ0n) is 11.8. The standard InChI is InChI=1S/C18H15NO2S/c20-22(21,19-17-11-5-2-6-12-17)18-13-7-10-16(14-18)15-8-3-1-4-9-15/h1-14,19H. The van der Waals surface area contributed by atoms with Gasteiger partial charge in [0, 0.05) is 5.69 Å². The van der Waals surface area contributed by atoms with Crippen LogP contribution in [0.4, 0.5) is 5.69 Å². The fourth-order valence-corrected chi connectivity index (χ4v) is 3.30. The molecule has 0 amide bonds. The molecule has 0 atom stereocenters. The Morgan fingerprint density at radius 3 is 1.91 bits per heavy atom. The van der Waals surface area contributed by atoms with E-state index in [2.05, 4.69) is 4.72 Å². The number of sulfonamides is 1. The summed E-state index contributed by atoms with van der Waals surface area (Å²) in [5, 5.41) is 0. The van der Waals surface area contributed by atoms with Crippen molar-refractivity contribution in [2.75, 3.05) is 4.72 Å². The van der Waals surface area contributed by atoms with Gasteiger partial charge in [0.1, 0.15) is 0 Å². The smallest absolute Gasteiger partial charge is 0.261 e. The van der Waals surface area contributed by atoms with Crippen molar-refractivity contribution in [3.8, 4) is 11.1 Å². The summed E-state index contributed by atoms with van der Waals surface area (Å²) in [7, 11) is -3.59. The van der Waals surface area contributed by atoms with E-state index in [0.29, 0.717) is 5.69 Å². The first kappa shape index (κ1) is 14.4. The van der Waals surface area contributed by atoms with Gasteiger partial charge in [-0.15, -0.1) is 0 Å². The second-order valence-corrected chi connectivity index (χ2v) is 6.55. The predicted octanol–water partition coefficient (Wildman–Crippen LogP) is 4.15. The molecule has 0 saturated heterocycles. The van der Waals surface area contributed by atoms with Gasteiger partial charge >= 0.3 is 0 Å². The molecule has 0 heterocycles. The number of hydrogen-bond donors (Lipinski definition) is 1. The Bertz CT molecular complexity index is 860. The van der Waals surface area contributed by atoms with E-state index in [1.54, 1.807) is 42.5 Å². The van der Waals surface area contributed by atoms with Crippen LogP contribution in [0.1, 0.15) is 0 Å². The summed E-state index contributed by atoms with van der Waals surface area (Å²) in [6.07, 6.45) is 0. The number of hydrogen-bond acceptors (Lipinski definition) is 2. The summed E-state index contributed by atoms with van der Waals surface area (Å²) >= 11 is 0. The predicted molar refractivity (Wildman–Crippen MR) is 89.1 cm³/mol. The number of nitrogens with one attached hydrogen (secondary N) is 1. The maximum Gasteiger partial charge on any atom is 0.261 e. The number of rotatable bonds is 4. The Balaban J connectivity index is 1.95. The zero-order valence-corrected chi connectivity index (χ0v) is 12.6. The van der Waals surface area contributed by atoms with Crippen LogP contribution in [0.5, 0.6) is 0 Å². The van der Waals surface area contributed by atoms with Gasteiger partial charge in [-0.25, -0.2) is 8.42 Å². The van der Waals surface area contributed by atoms with Gasteiger partial charge in [0.2, 0.25) is 0 Å². The van der Waals surface area contributed by atoms with E-state index < -0.39 is 10.0 Å². The molecule has 0 radical (unpaired) electrons. The average Bonchev–Trinajstić information content (AvgIpc) is 2.56. The molecule has 110 valence electrons. The SMILES string of the molecule is O=S(=O)(Nc1ccccc1)c1cccc(-c2ccccc2)c1. The zero-order chi connectivity index (χ0) is 15.4. The van der Waals surface area contributed by atoms with Crippen LogP contribution in [0.3, 0.4) is 0 Å². The topological polar surface area (TPSA) is 46.2 Å². The van der Waals surface area contributed by atoms with Crippen LogP contribution >= 0.6 is 0 Å².